The molecule has 2 unspecified atom stereocenters. The van der Waals surface area contributed by atoms with E-state index in [2.05, 4.69) is 33.0 Å². The Kier molecular flexibility index (Phi) is 20.4. The van der Waals surface area contributed by atoms with E-state index in [9.17, 15) is 4.79 Å². The molecule has 0 fully saturated rings. The first-order chi connectivity index (χ1) is 15.3. The second-order valence-electron chi connectivity index (χ2n) is 10.1. The Morgan fingerprint density at radius 2 is 1.22 bits per heavy atom. The molecular formula is C28H57N3O. The standard InChI is InChI=1S/C28H57N3O/c1-6-8-9-10-11-12-13-14-15-16-17-18-19-20-21-31-25(7-2)26(32)22-24(5)27(23(3)4)28(29)30/h22-23,25,27-28,31H,6-21,29-30H2,1-5H3/b24-22+. The van der Waals surface area contributed by atoms with Crippen LogP contribution in [0, 0.1) is 11.8 Å². The van der Waals surface area contributed by atoms with E-state index in [0.717, 1.165) is 25.0 Å². The zero-order valence-corrected chi connectivity index (χ0v) is 22.3. The lowest BCUT2D eigenvalue weighted by Crippen LogP contribution is -2.42. The van der Waals surface area contributed by atoms with Crippen LogP contribution in [0.1, 0.15) is 131 Å². The first-order valence-corrected chi connectivity index (χ1v) is 13.8. The summed E-state index contributed by atoms with van der Waals surface area (Å²) < 4.78 is 0. The van der Waals surface area contributed by atoms with Gasteiger partial charge in [-0.15, -0.1) is 0 Å². The fourth-order valence-electron chi connectivity index (χ4n) is 4.74. The van der Waals surface area contributed by atoms with Gasteiger partial charge in [-0.05, 0) is 38.3 Å². The molecule has 32 heavy (non-hydrogen) atoms. The molecular weight excluding hydrogens is 394 g/mol. The molecule has 0 aromatic carbocycles. The van der Waals surface area contributed by atoms with Crippen LogP contribution in [0.15, 0.2) is 11.6 Å². The summed E-state index contributed by atoms with van der Waals surface area (Å²) in [5.74, 6) is 0.520. The van der Waals surface area contributed by atoms with Gasteiger partial charge in [-0.2, -0.15) is 0 Å². The number of carbonyl (C=O) groups excluding carboxylic acids is 1. The molecule has 0 bridgehead atoms. The second kappa shape index (κ2) is 20.9. The zero-order chi connectivity index (χ0) is 24.2. The van der Waals surface area contributed by atoms with Crippen LogP contribution in [0.3, 0.4) is 0 Å². The van der Waals surface area contributed by atoms with Crippen molar-refractivity contribution >= 4 is 5.78 Å². The lowest BCUT2D eigenvalue weighted by Gasteiger charge is -2.25. The molecule has 4 nitrogen and oxygen atoms in total. The SMILES string of the molecule is CCCCCCCCCCCCCCCCNC(CC)C(=O)/C=C(\C)C(C(C)C)C(N)N. The Hall–Kier alpha value is -0.710. The highest BCUT2D eigenvalue weighted by Gasteiger charge is 2.22. The predicted octanol–water partition coefficient (Wildman–Crippen LogP) is 6.87. The molecule has 4 heteroatoms. The Labute approximate surface area is 200 Å². The number of nitrogens with two attached hydrogens (primary N) is 2. The number of nitrogens with one attached hydrogen (secondary N) is 1. The Morgan fingerprint density at radius 3 is 1.59 bits per heavy atom. The van der Waals surface area contributed by atoms with Crippen molar-refractivity contribution in [3.8, 4) is 0 Å². The maximum Gasteiger partial charge on any atom is 0.172 e. The minimum Gasteiger partial charge on any atom is -0.316 e. The largest absolute Gasteiger partial charge is 0.316 e. The van der Waals surface area contributed by atoms with Crippen LogP contribution in [-0.4, -0.2) is 24.5 Å². The van der Waals surface area contributed by atoms with E-state index in [1.807, 2.05) is 6.92 Å². The summed E-state index contributed by atoms with van der Waals surface area (Å²) in [7, 11) is 0. The molecule has 0 aromatic heterocycles. The highest BCUT2D eigenvalue weighted by molar-refractivity contribution is 5.94. The van der Waals surface area contributed by atoms with Crippen molar-refractivity contribution in [2.24, 2.45) is 23.3 Å². The van der Waals surface area contributed by atoms with Crippen LogP contribution >= 0.6 is 0 Å². The van der Waals surface area contributed by atoms with Crippen LogP contribution in [0.5, 0.6) is 0 Å². The molecule has 0 amide bonds. The van der Waals surface area contributed by atoms with Gasteiger partial charge in [0.2, 0.25) is 0 Å². The van der Waals surface area contributed by atoms with Crippen LogP contribution in [0.4, 0.5) is 0 Å². The molecule has 0 saturated carbocycles. The predicted molar refractivity (Wildman–Crippen MR) is 142 cm³/mol. The summed E-state index contributed by atoms with van der Waals surface area (Å²) in [6, 6.07) is -0.103. The van der Waals surface area contributed by atoms with Crippen molar-refractivity contribution in [2.45, 2.75) is 143 Å². The van der Waals surface area contributed by atoms with E-state index in [-0.39, 0.29) is 17.7 Å². The third-order valence-corrected chi connectivity index (χ3v) is 6.70. The first kappa shape index (κ1) is 31.3. The van der Waals surface area contributed by atoms with Crippen molar-refractivity contribution in [3.63, 3.8) is 0 Å². The van der Waals surface area contributed by atoms with Crippen molar-refractivity contribution in [1.29, 1.82) is 0 Å². The Morgan fingerprint density at radius 1 is 0.781 bits per heavy atom. The minimum absolute atomic E-state index is 0.0438. The van der Waals surface area contributed by atoms with Gasteiger partial charge in [-0.1, -0.05) is 117 Å². The summed E-state index contributed by atoms with van der Waals surface area (Å²) >= 11 is 0. The second-order valence-corrected chi connectivity index (χ2v) is 10.1. The topological polar surface area (TPSA) is 81.1 Å². The number of hydrogen-bond donors (Lipinski definition) is 3. The molecule has 0 spiro atoms. The van der Waals surface area contributed by atoms with E-state index in [1.165, 1.54) is 83.5 Å². The third-order valence-electron chi connectivity index (χ3n) is 6.70. The highest BCUT2D eigenvalue weighted by atomic mass is 16.1. The molecule has 2 atom stereocenters. The van der Waals surface area contributed by atoms with Crippen molar-refractivity contribution < 1.29 is 4.79 Å². The molecule has 0 aliphatic carbocycles. The number of rotatable bonds is 22. The van der Waals surface area contributed by atoms with Crippen LogP contribution in [0.2, 0.25) is 0 Å². The molecule has 0 aromatic rings. The molecule has 0 rings (SSSR count). The Balaban J connectivity index is 3.84. The number of ketones is 1. The van der Waals surface area contributed by atoms with E-state index in [1.54, 1.807) is 6.08 Å². The average molecular weight is 452 g/mol. The highest BCUT2D eigenvalue weighted by Crippen LogP contribution is 2.21. The van der Waals surface area contributed by atoms with E-state index in [4.69, 9.17) is 11.5 Å². The maximum absolute atomic E-state index is 12.7. The summed E-state index contributed by atoms with van der Waals surface area (Å²) in [6.45, 7) is 11.4. The monoisotopic (exact) mass is 451 g/mol. The molecule has 0 saturated heterocycles. The molecule has 0 radical (unpaired) electrons. The fourth-order valence-corrected chi connectivity index (χ4v) is 4.74. The lowest BCUT2D eigenvalue weighted by atomic mass is 9.85. The third kappa shape index (κ3) is 16.0. The van der Waals surface area contributed by atoms with Crippen molar-refractivity contribution in [3.05, 3.63) is 11.6 Å². The van der Waals surface area contributed by atoms with Crippen LogP contribution in [0.25, 0.3) is 0 Å². The van der Waals surface area contributed by atoms with Gasteiger partial charge in [0.15, 0.2) is 5.78 Å². The van der Waals surface area contributed by atoms with Crippen LogP contribution in [-0.2, 0) is 4.79 Å². The summed E-state index contributed by atoms with van der Waals surface area (Å²) in [6.07, 6.45) is 21.3. The molecule has 0 heterocycles. The van der Waals surface area contributed by atoms with Gasteiger partial charge in [0, 0.05) is 5.92 Å². The van der Waals surface area contributed by atoms with E-state index in [0.29, 0.717) is 5.92 Å². The molecule has 190 valence electrons. The quantitative estimate of drug-likeness (QED) is 0.0953. The first-order valence-electron chi connectivity index (χ1n) is 13.8. The fraction of sp³-hybridized carbons (Fsp3) is 0.893. The van der Waals surface area contributed by atoms with Gasteiger partial charge in [0.1, 0.15) is 0 Å². The maximum atomic E-state index is 12.7. The van der Waals surface area contributed by atoms with E-state index >= 15 is 0 Å². The van der Waals surface area contributed by atoms with E-state index < -0.39 is 6.17 Å². The summed E-state index contributed by atoms with van der Waals surface area (Å²) in [4.78, 5) is 12.7. The van der Waals surface area contributed by atoms with Crippen molar-refractivity contribution in [2.75, 3.05) is 6.54 Å². The van der Waals surface area contributed by atoms with Gasteiger partial charge < -0.3 is 16.8 Å². The van der Waals surface area contributed by atoms with Gasteiger partial charge in [-0.25, -0.2) is 0 Å². The number of hydrogen-bond acceptors (Lipinski definition) is 4. The zero-order valence-electron chi connectivity index (χ0n) is 22.3. The van der Waals surface area contributed by atoms with Gasteiger partial charge in [0.25, 0.3) is 0 Å². The molecule has 5 N–H and O–H groups in total. The van der Waals surface area contributed by atoms with Crippen molar-refractivity contribution in [1.82, 2.24) is 5.32 Å². The molecule has 0 aliphatic heterocycles. The minimum atomic E-state index is -0.428. The smallest absolute Gasteiger partial charge is 0.172 e. The average Bonchev–Trinajstić information content (AvgIpc) is 2.72. The lowest BCUT2D eigenvalue weighted by molar-refractivity contribution is -0.116. The van der Waals surface area contributed by atoms with Gasteiger partial charge >= 0.3 is 0 Å². The van der Waals surface area contributed by atoms with Crippen LogP contribution < -0.4 is 16.8 Å². The normalized spacial score (nSPS) is 14.3. The van der Waals surface area contributed by atoms with Gasteiger partial charge in [-0.3, -0.25) is 4.79 Å². The summed E-state index contributed by atoms with van der Waals surface area (Å²) in [5.41, 5.74) is 12.9. The Bertz CT molecular complexity index is 465. The number of carbonyl (C=O) groups is 1. The number of unbranched alkanes of at least 4 members (excludes halogenated alkanes) is 13. The summed E-state index contributed by atoms with van der Waals surface area (Å²) in [5, 5.41) is 3.46. The molecule has 0 aliphatic rings. The van der Waals surface area contributed by atoms with Gasteiger partial charge in [0.05, 0.1) is 12.2 Å².